The molecule has 232 valence electrons. The lowest BCUT2D eigenvalue weighted by atomic mass is 9.53. The SMILES string of the molecule is C#C[C@]1(O)CC[C@H]2[C@@H]3CCc4cc(O)ccc4[C@H]3CC[C@@]21C.C#C[C@]1(O)CC[C@H]2[C@@H]3CCc4cc(O)ccc4[C@H]3CC[C@@]21C. The van der Waals surface area contributed by atoms with E-state index in [1.807, 2.05) is 24.3 Å². The number of hydrogen-bond donors (Lipinski definition) is 4. The maximum atomic E-state index is 10.9. The highest BCUT2D eigenvalue weighted by Gasteiger charge is 2.62. The van der Waals surface area contributed by atoms with Gasteiger partial charge in [-0.1, -0.05) is 37.8 Å². The summed E-state index contributed by atoms with van der Waals surface area (Å²) in [4.78, 5) is 0. The molecule has 0 radical (unpaired) electrons. The van der Waals surface area contributed by atoms with Crippen molar-refractivity contribution in [3.05, 3.63) is 58.7 Å². The van der Waals surface area contributed by atoms with E-state index in [0.717, 1.165) is 77.0 Å². The molecule has 0 heterocycles. The van der Waals surface area contributed by atoms with Gasteiger partial charge >= 0.3 is 0 Å². The molecule has 6 aliphatic rings. The van der Waals surface area contributed by atoms with Gasteiger partial charge in [0.1, 0.15) is 22.7 Å². The summed E-state index contributed by atoms with van der Waals surface area (Å²) in [6.07, 6.45) is 23.5. The van der Waals surface area contributed by atoms with Gasteiger partial charge in [-0.05, 0) is 159 Å². The summed E-state index contributed by atoms with van der Waals surface area (Å²) in [6.45, 7) is 4.43. The van der Waals surface area contributed by atoms with Crippen molar-refractivity contribution in [1.29, 1.82) is 0 Å². The van der Waals surface area contributed by atoms with Crippen molar-refractivity contribution in [2.24, 2.45) is 34.5 Å². The van der Waals surface area contributed by atoms with Gasteiger partial charge in [-0.15, -0.1) is 12.8 Å². The molecular formula is C40H48O4. The third-order valence-corrected chi connectivity index (χ3v) is 14.2. The molecule has 2 aromatic rings. The van der Waals surface area contributed by atoms with Crippen molar-refractivity contribution in [1.82, 2.24) is 0 Å². The molecule has 6 aliphatic carbocycles. The van der Waals surface area contributed by atoms with Crippen LogP contribution in [0.4, 0.5) is 0 Å². The monoisotopic (exact) mass is 592 g/mol. The number of hydrogen-bond acceptors (Lipinski definition) is 4. The van der Waals surface area contributed by atoms with Crippen LogP contribution in [0.15, 0.2) is 36.4 Å². The van der Waals surface area contributed by atoms with Gasteiger partial charge in [0.15, 0.2) is 0 Å². The van der Waals surface area contributed by atoms with Gasteiger partial charge in [-0.3, -0.25) is 0 Å². The fourth-order valence-corrected chi connectivity index (χ4v) is 11.6. The predicted molar refractivity (Wildman–Crippen MR) is 173 cm³/mol. The minimum absolute atomic E-state index is 0.128. The molecule has 2 aromatic carbocycles. The maximum Gasteiger partial charge on any atom is 0.130 e. The smallest absolute Gasteiger partial charge is 0.130 e. The second kappa shape index (κ2) is 10.3. The lowest BCUT2D eigenvalue weighted by Crippen LogP contribution is -2.50. The standard InChI is InChI=1S/2C20H24O2/c2*1-3-20(22)11-9-18-17-6-4-13-12-14(21)5-7-15(13)16(17)8-10-19(18,20)2/h2*1,5,7,12,16-18,21-22H,4,6,8-11H2,2H3/t2*16-,17-,18+,19+,20+/m11/s1. The zero-order valence-corrected chi connectivity index (χ0v) is 26.4. The van der Waals surface area contributed by atoms with Crippen molar-refractivity contribution in [3.8, 4) is 36.2 Å². The van der Waals surface area contributed by atoms with Crippen molar-refractivity contribution in [2.75, 3.05) is 0 Å². The average Bonchev–Trinajstić information content (AvgIpc) is 3.46. The maximum absolute atomic E-state index is 10.9. The van der Waals surface area contributed by atoms with Crippen molar-refractivity contribution < 1.29 is 20.4 Å². The first-order valence-electron chi connectivity index (χ1n) is 17.0. The topological polar surface area (TPSA) is 80.9 Å². The summed E-state index contributed by atoms with van der Waals surface area (Å²) in [5.74, 6) is 9.64. The van der Waals surface area contributed by atoms with Gasteiger partial charge in [0.2, 0.25) is 0 Å². The summed E-state index contributed by atoms with van der Waals surface area (Å²) in [6, 6.07) is 11.7. The van der Waals surface area contributed by atoms with E-state index in [9.17, 15) is 20.4 Å². The Morgan fingerprint density at radius 1 is 0.614 bits per heavy atom. The quantitative estimate of drug-likeness (QED) is 0.244. The molecule has 0 spiro atoms. The molecule has 10 atom stereocenters. The van der Waals surface area contributed by atoms with Crippen LogP contribution in [0.2, 0.25) is 0 Å². The molecule has 44 heavy (non-hydrogen) atoms. The first kappa shape index (κ1) is 29.8. The highest BCUT2D eigenvalue weighted by atomic mass is 16.3. The molecular weight excluding hydrogens is 544 g/mol. The van der Waals surface area contributed by atoms with E-state index in [-0.39, 0.29) is 10.8 Å². The Hall–Kier alpha value is -2.92. The fraction of sp³-hybridized carbons (Fsp3) is 0.600. The normalized spacial score (nSPS) is 42.9. The number of phenolic OH excluding ortho intramolecular Hbond substituents is 2. The zero-order chi connectivity index (χ0) is 31.1. The van der Waals surface area contributed by atoms with E-state index in [1.165, 1.54) is 22.3 Å². The Labute approximate surface area is 263 Å². The Morgan fingerprint density at radius 3 is 1.41 bits per heavy atom. The molecule has 4 nitrogen and oxygen atoms in total. The summed E-state index contributed by atoms with van der Waals surface area (Å²) in [5.41, 5.74) is 3.38. The fourth-order valence-electron chi connectivity index (χ4n) is 11.6. The second-order valence-electron chi connectivity index (χ2n) is 15.6. The zero-order valence-electron chi connectivity index (χ0n) is 26.4. The first-order chi connectivity index (χ1) is 21.0. The molecule has 4 saturated carbocycles. The summed E-state index contributed by atoms with van der Waals surface area (Å²) >= 11 is 0. The van der Waals surface area contributed by atoms with Crippen molar-refractivity contribution in [3.63, 3.8) is 0 Å². The van der Waals surface area contributed by atoms with Crippen LogP contribution < -0.4 is 0 Å². The van der Waals surface area contributed by atoms with Gasteiger partial charge in [0.25, 0.3) is 0 Å². The molecule has 0 aliphatic heterocycles. The molecule has 4 fully saturated rings. The second-order valence-corrected chi connectivity index (χ2v) is 15.6. The third kappa shape index (κ3) is 4.13. The van der Waals surface area contributed by atoms with Crippen LogP contribution in [0, 0.1) is 59.2 Å². The number of benzene rings is 2. The van der Waals surface area contributed by atoms with E-state index >= 15 is 0 Å². The van der Waals surface area contributed by atoms with Gasteiger partial charge in [0, 0.05) is 10.8 Å². The third-order valence-electron chi connectivity index (χ3n) is 14.2. The molecule has 4 N–H and O–H groups in total. The lowest BCUT2D eigenvalue weighted by molar-refractivity contribution is -0.0647. The Bertz CT molecular complexity index is 1430. The molecule has 0 aromatic heterocycles. The number of terminal acetylenes is 2. The summed E-state index contributed by atoms with van der Waals surface area (Å²) < 4.78 is 0. The van der Waals surface area contributed by atoms with Crippen LogP contribution in [0.25, 0.3) is 0 Å². The van der Waals surface area contributed by atoms with Gasteiger partial charge in [-0.2, -0.15) is 0 Å². The number of aromatic hydroxyl groups is 2. The largest absolute Gasteiger partial charge is 0.508 e. The van der Waals surface area contributed by atoms with Crippen LogP contribution in [0.3, 0.4) is 0 Å². The molecule has 8 rings (SSSR count). The van der Waals surface area contributed by atoms with Crippen LogP contribution >= 0.6 is 0 Å². The van der Waals surface area contributed by atoms with E-state index < -0.39 is 11.2 Å². The van der Waals surface area contributed by atoms with Crippen LogP contribution in [-0.2, 0) is 12.8 Å². The molecule has 0 unspecified atom stereocenters. The minimum atomic E-state index is -0.919. The molecule has 4 heteroatoms. The number of aliphatic hydroxyl groups is 2. The Kier molecular flexibility index (Phi) is 6.97. The summed E-state index contributed by atoms with van der Waals surface area (Å²) in [5, 5.41) is 41.3. The number of phenols is 2. The predicted octanol–water partition coefficient (Wildman–Crippen LogP) is 7.23. The van der Waals surface area contributed by atoms with E-state index in [0.29, 0.717) is 47.0 Å². The highest BCUT2D eigenvalue weighted by molar-refractivity contribution is 5.42. The molecule has 0 amide bonds. The number of aryl methyl sites for hydroxylation is 2. The molecule has 0 bridgehead atoms. The van der Waals surface area contributed by atoms with E-state index in [2.05, 4.69) is 37.8 Å². The van der Waals surface area contributed by atoms with Crippen molar-refractivity contribution in [2.45, 2.75) is 114 Å². The lowest BCUT2D eigenvalue weighted by Gasteiger charge is -2.52. The van der Waals surface area contributed by atoms with Crippen LogP contribution in [0.5, 0.6) is 11.5 Å². The highest BCUT2D eigenvalue weighted by Crippen LogP contribution is 2.65. The van der Waals surface area contributed by atoms with Crippen LogP contribution in [0.1, 0.15) is 112 Å². The van der Waals surface area contributed by atoms with Gasteiger partial charge in [-0.25, -0.2) is 0 Å². The van der Waals surface area contributed by atoms with Gasteiger partial charge in [0.05, 0.1) is 0 Å². The Morgan fingerprint density at radius 2 is 1.02 bits per heavy atom. The van der Waals surface area contributed by atoms with Crippen LogP contribution in [-0.4, -0.2) is 31.6 Å². The van der Waals surface area contributed by atoms with E-state index in [4.69, 9.17) is 12.8 Å². The Balaban J connectivity index is 0.000000142. The van der Waals surface area contributed by atoms with E-state index in [1.54, 1.807) is 0 Å². The minimum Gasteiger partial charge on any atom is -0.508 e. The first-order valence-corrected chi connectivity index (χ1v) is 17.0. The molecule has 0 saturated heterocycles. The van der Waals surface area contributed by atoms with Gasteiger partial charge < -0.3 is 20.4 Å². The average molecular weight is 593 g/mol. The number of fused-ring (bicyclic) bond motifs is 10. The summed E-state index contributed by atoms with van der Waals surface area (Å²) in [7, 11) is 0. The number of rotatable bonds is 0. The van der Waals surface area contributed by atoms with Crippen molar-refractivity contribution >= 4 is 0 Å².